The van der Waals surface area contributed by atoms with Gasteiger partial charge in [-0.2, -0.15) is 0 Å². The van der Waals surface area contributed by atoms with Crippen molar-refractivity contribution in [1.82, 2.24) is 4.90 Å². The molecule has 26 heavy (non-hydrogen) atoms. The molecule has 0 aliphatic carbocycles. The van der Waals surface area contributed by atoms with Gasteiger partial charge < -0.3 is 23.6 Å². The van der Waals surface area contributed by atoms with Gasteiger partial charge in [0.25, 0.3) is 0 Å². The molecule has 0 spiro atoms. The molecule has 0 aliphatic heterocycles. The number of hydrogen-bond acceptors (Lipinski definition) is 5. The van der Waals surface area contributed by atoms with Gasteiger partial charge in [0.15, 0.2) is 0 Å². The molecular formula is C19H40NO5P. The summed E-state index contributed by atoms with van der Waals surface area (Å²) >= 11 is 0. The highest BCUT2D eigenvalue weighted by Crippen LogP contribution is 2.35. The van der Waals surface area contributed by atoms with E-state index in [1.165, 1.54) is 37.0 Å². The second kappa shape index (κ2) is 14.6. The van der Waals surface area contributed by atoms with Crippen LogP contribution < -0.4 is 0 Å². The van der Waals surface area contributed by atoms with Crippen molar-refractivity contribution in [2.75, 3.05) is 20.2 Å². The average molecular weight is 394 g/mol. The topological polar surface area (TPSA) is 68.2 Å². The molecule has 6 nitrogen and oxygen atoms in total. The molecule has 0 aromatic rings. The summed E-state index contributed by atoms with van der Waals surface area (Å²) in [5.41, 5.74) is -0.503. The van der Waals surface area contributed by atoms with Gasteiger partial charge in [-0.15, -0.1) is 0 Å². The van der Waals surface area contributed by atoms with Crippen LogP contribution in [-0.4, -0.2) is 47.8 Å². The van der Waals surface area contributed by atoms with Gasteiger partial charge in [0.1, 0.15) is 5.60 Å². The second-order valence-corrected chi connectivity index (χ2v) is 8.74. The van der Waals surface area contributed by atoms with Gasteiger partial charge in [0.2, 0.25) is 0 Å². The number of nitrogens with zero attached hydrogens (tertiary/aromatic N) is 1. The van der Waals surface area contributed by atoms with E-state index in [4.69, 9.17) is 13.8 Å². The van der Waals surface area contributed by atoms with E-state index in [2.05, 4.69) is 6.92 Å². The van der Waals surface area contributed by atoms with Crippen LogP contribution in [0.1, 0.15) is 86.0 Å². The monoisotopic (exact) mass is 393 g/mol. The van der Waals surface area contributed by atoms with E-state index in [-0.39, 0.29) is 12.2 Å². The minimum absolute atomic E-state index is 0.190. The Morgan fingerprint density at radius 2 is 1.69 bits per heavy atom. The molecule has 0 aromatic heterocycles. The number of hydrogen-bond donors (Lipinski definition) is 1. The molecule has 2 unspecified atom stereocenters. The number of amides is 1. The fraction of sp³-hybridized carbons (Fsp3) is 0.947. The molecule has 156 valence electrons. The first kappa shape index (κ1) is 25.6. The zero-order chi connectivity index (χ0) is 20.0. The van der Waals surface area contributed by atoms with Crippen LogP contribution >= 0.6 is 8.60 Å². The minimum atomic E-state index is -1.85. The summed E-state index contributed by atoms with van der Waals surface area (Å²) in [5, 5.41) is 0. The molecule has 0 saturated carbocycles. The highest BCUT2D eigenvalue weighted by atomic mass is 31.2. The Bertz CT molecular complexity index is 362. The lowest BCUT2D eigenvalue weighted by molar-refractivity contribution is 0.0279. The van der Waals surface area contributed by atoms with Crippen LogP contribution in [0.5, 0.6) is 0 Å². The number of carbonyl (C=O) groups excluding carboxylic acids is 1. The number of ether oxygens (including phenoxy) is 1. The normalized spacial score (nSPS) is 14.1. The van der Waals surface area contributed by atoms with Crippen molar-refractivity contribution in [3.05, 3.63) is 0 Å². The third-order valence-electron chi connectivity index (χ3n) is 3.80. The van der Waals surface area contributed by atoms with Crippen molar-refractivity contribution in [2.45, 2.75) is 97.7 Å². The van der Waals surface area contributed by atoms with Gasteiger partial charge in [-0.3, -0.25) is 0 Å². The van der Waals surface area contributed by atoms with Crippen LogP contribution in [0.2, 0.25) is 0 Å². The Labute approximate surface area is 161 Å². The molecule has 0 rings (SSSR count). The SMILES string of the molecule is CCCCCCCCCOP(O)OC(C)CCN(C)C(=O)OC(C)(C)C. The summed E-state index contributed by atoms with van der Waals surface area (Å²) in [7, 11) is -0.159. The molecule has 0 radical (unpaired) electrons. The smallest absolute Gasteiger partial charge is 0.410 e. The zero-order valence-corrected chi connectivity index (χ0v) is 18.5. The lowest BCUT2D eigenvalue weighted by Gasteiger charge is -2.25. The number of unbranched alkanes of at least 4 members (excludes halogenated alkanes) is 6. The quantitative estimate of drug-likeness (QED) is 0.306. The van der Waals surface area contributed by atoms with Crippen LogP contribution in [-0.2, 0) is 13.8 Å². The van der Waals surface area contributed by atoms with Gasteiger partial charge >= 0.3 is 14.7 Å². The van der Waals surface area contributed by atoms with Crippen LogP contribution in [0.25, 0.3) is 0 Å². The first-order valence-electron chi connectivity index (χ1n) is 9.88. The van der Waals surface area contributed by atoms with Gasteiger partial charge in [0, 0.05) is 13.6 Å². The zero-order valence-electron chi connectivity index (χ0n) is 17.6. The third kappa shape index (κ3) is 15.8. The largest absolute Gasteiger partial charge is 0.444 e. The Morgan fingerprint density at radius 3 is 2.27 bits per heavy atom. The Hall–Kier alpha value is -0.420. The summed E-state index contributed by atoms with van der Waals surface area (Å²) in [5.74, 6) is 0. The van der Waals surface area contributed by atoms with Crippen molar-refractivity contribution in [3.8, 4) is 0 Å². The van der Waals surface area contributed by atoms with E-state index in [9.17, 15) is 9.69 Å². The highest BCUT2D eigenvalue weighted by Gasteiger charge is 2.20. The summed E-state index contributed by atoms with van der Waals surface area (Å²) in [6, 6.07) is 0. The van der Waals surface area contributed by atoms with Crippen molar-refractivity contribution < 1.29 is 23.5 Å². The maximum Gasteiger partial charge on any atom is 0.410 e. The number of rotatable bonds is 14. The van der Waals surface area contributed by atoms with Crippen LogP contribution in [0.3, 0.4) is 0 Å². The molecule has 7 heteroatoms. The summed E-state index contributed by atoms with van der Waals surface area (Å²) in [4.78, 5) is 23.2. The van der Waals surface area contributed by atoms with Crippen LogP contribution in [0, 0.1) is 0 Å². The molecule has 0 heterocycles. The summed E-state index contributed by atoms with van der Waals surface area (Å²) < 4.78 is 16.1. The third-order valence-corrected chi connectivity index (χ3v) is 4.74. The molecule has 0 bridgehead atoms. The Balaban J connectivity index is 3.72. The minimum Gasteiger partial charge on any atom is -0.444 e. The molecule has 2 atom stereocenters. The van der Waals surface area contributed by atoms with Crippen LogP contribution in [0.4, 0.5) is 4.79 Å². The molecule has 0 aromatic carbocycles. The van der Waals surface area contributed by atoms with E-state index in [1.807, 2.05) is 27.7 Å². The molecule has 0 fully saturated rings. The molecule has 0 saturated heterocycles. The summed E-state index contributed by atoms with van der Waals surface area (Å²) in [6.45, 7) is 10.6. The Morgan fingerprint density at radius 1 is 1.12 bits per heavy atom. The lowest BCUT2D eigenvalue weighted by Crippen LogP contribution is -2.35. The maximum atomic E-state index is 11.9. The Kier molecular flexibility index (Phi) is 14.4. The van der Waals surface area contributed by atoms with E-state index in [1.54, 1.807) is 7.05 Å². The van der Waals surface area contributed by atoms with E-state index >= 15 is 0 Å². The van der Waals surface area contributed by atoms with Crippen molar-refractivity contribution in [1.29, 1.82) is 0 Å². The van der Waals surface area contributed by atoms with Crippen LogP contribution in [0.15, 0.2) is 0 Å². The van der Waals surface area contributed by atoms with E-state index in [0.717, 1.165) is 12.8 Å². The summed E-state index contributed by atoms with van der Waals surface area (Å²) in [6.07, 6.45) is 8.53. The first-order chi connectivity index (χ1) is 12.2. The van der Waals surface area contributed by atoms with Gasteiger partial charge in [-0.1, -0.05) is 45.4 Å². The van der Waals surface area contributed by atoms with E-state index < -0.39 is 14.2 Å². The number of carbonyl (C=O) groups is 1. The van der Waals surface area contributed by atoms with Crippen molar-refractivity contribution in [3.63, 3.8) is 0 Å². The molecular weight excluding hydrogens is 353 g/mol. The predicted molar refractivity (Wildman–Crippen MR) is 107 cm³/mol. The maximum absolute atomic E-state index is 11.9. The fourth-order valence-corrected chi connectivity index (χ4v) is 3.00. The molecule has 1 amide bonds. The van der Waals surface area contributed by atoms with Crippen molar-refractivity contribution in [2.24, 2.45) is 0 Å². The highest BCUT2D eigenvalue weighted by molar-refractivity contribution is 7.40. The van der Waals surface area contributed by atoms with Crippen molar-refractivity contribution >= 4 is 14.7 Å². The average Bonchev–Trinajstić information content (AvgIpc) is 2.53. The fourth-order valence-electron chi connectivity index (χ4n) is 2.25. The lowest BCUT2D eigenvalue weighted by atomic mass is 10.1. The standard InChI is InChI=1S/C19H40NO5P/c1-7-8-9-10-11-12-13-16-23-26(22)25-17(2)14-15-20(6)18(21)24-19(3,4)5/h17,22H,7-16H2,1-6H3. The molecule has 1 N–H and O–H groups in total. The second-order valence-electron chi connectivity index (χ2n) is 7.80. The van der Waals surface area contributed by atoms with Gasteiger partial charge in [-0.25, -0.2) is 4.79 Å². The van der Waals surface area contributed by atoms with Gasteiger partial charge in [-0.05, 0) is 40.5 Å². The predicted octanol–water partition coefficient (Wildman–Crippen LogP) is 5.63. The molecule has 0 aliphatic rings. The first-order valence-corrected chi connectivity index (χ1v) is 11.0. The van der Waals surface area contributed by atoms with Gasteiger partial charge in [0.05, 0.1) is 12.7 Å². The van der Waals surface area contributed by atoms with E-state index in [0.29, 0.717) is 19.6 Å².